The van der Waals surface area contributed by atoms with Crippen molar-refractivity contribution < 1.29 is 14.3 Å². The van der Waals surface area contributed by atoms with Crippen LogP contribution in [0.15, 0.2) is 12.7 Å². The van der Waals surface area contributed by atoms with Crippen molar-refractivity contribution in [3.8, 4) is 0 Å². The molecule has 100 valence electrons. The highest BCUT2D eigenvalue weighted by Crippen LogP contribution is 2.14. The maximum absolute atomic E-state index is 11.5. The van der Waals surface area contributed by atoms with Crippen molar-refractivity contribution in [2.45, 2.75) is 38.6 Å². The molecule has 17 heavy (non-hydrogen) atoms. The molecule has 2 N–H and O–H groups in total. The number of rotatable bonds is 10. The highest BCUT2D eigenvalue weighted by atomic mass is 16.5. The quantitative estimate of drug-likeness (QED) is 0.361. The molecule has 0 radical (unpaired) electrons. The van der Waals surface area contributed by atoms with Crippen LogP contribution in [-0.4, -0.2) is 32.3 Å². The van der Waals surface area contributed by atoms with Crippen molar-refractivity contribution in [3.05, 3.63) is 12.7 Å². The molecule has 0 saturated carbocycles. The second kappa shape index (κ2) is 10.3. The summed E-state index contributed by atoms with van der Waals surface area (Å²) in [5.74, 6) is -0.304. The van der Waals surface area contributed by atoms with Crippen LogP contribution in [0.25, 0.3) is 0 Å². The number of carbonyl (C=O) groups is 1. The van der Waals surface area contributed by atoms with Crippen molar-refractivity contribution >= 4 is 5.97 Å². The zero-order valence-corrected chi connectivity index (χ0v) is 11.0. The number of allylic oxidation sites excluding steroid dienone is 1. The summed E-state index contributed by atoms with van der Waals surface area (Å²) < 4.78 is 10.0. The molecule has 0 rings (SSSR count). The molecule has 2 atom stereocenters. The van der Waals surface area contributed by atoms with Crippen LogP contribution in [0.4, 0.5) is 0 Å². The molecule has 0 aliphatic rings. The third-order valence-electron chi connectivity index (χ3n) is 2.68. The number of hydrogen-bond acceptors (Lipinski definition) is 4. The summed E-state index contributed by atoms with van der Waals surface area (Å²) >= 11 is 0. The van der Waals surface area contributed by atoms with Gasteiger partial charge in [0.2, 0.25) is 0 Å². The van der Waals surface area contributed by atoms with E-state index in [4.69, 9.17) is 15.2 Å². The first-order chi connectivity index (χ1) is 8.17. The van der Waals surface area contributed by atoms with Gasteiger partial charge in [0.25, 0.3) is 0 Å². The molecule has 0 saturated heterocycles. The van der Waals surface area contributed by atoms with Gasteiger partial charge in [0.1, 0.15) is 6.04 Å². The van der Waals surface area contributed by atoms with E-state index in [1.54, 1.807) is 14.0 Å². The predicted molar refractivity (Wildman–Crippen MR) is 68.6 cm³/mol. The summed E-state index contributed by atoms with van der Waals surface area (Å²) in [7, 11) is 1.62. The van der Waals surface area contributed by atoms with Gasteiger partial charge in [-0.25, -0.2) is 0 Å². The van der Waals surface area contributed by atoms with Crippen LogP contribution < -0.4 is 5.73 Å². The SMILES string of the molecule is C=CCCCCC(COC)C(N)C(=O)OCC. The molecule has 2 unspecified atom stereocenters. The number of carbonyl (C=O) groups excluding carboxylic acids is 1. The summed E-state index contributed by atoms with van der Waals surface area (Å²) in [5.41, 5.74) is 5.87. The Hall–Kier alpha value is -0.870. The molecule has 0 fully saturated rings. The van der Waals surface area contributed by atoms with Gasteiger partial charge >= 0.3 is 5.97 Å². The fraction of sp³-hybridized carbons (Fsp3) is 0.769. The third-order valence-corrected chi connectivity index (χ3v) is 2.68. The Morgan fingerprint density at radius 1 is 1.47 bits per heavy atom. The smallest absolute Gasteiger partial charge is 0.323 e. The number of ether oxygens (including phenoxy) is 2. The topological polar surface area (TPSA) is 61.5 Å². The molecular weight excluding hydrogens is 218 g/mol. The van der Waals surface area contributed by atoms with Gasteiger partial charge in [0.05, 0.1) is 13.2 Å². The maximum atomic E-state index is 11.5. The Kier molecular flexibility index (Phi) is 9.77. The molecule has 0 aromatic rings. The average molecular weight is 243 g/mol. The zero-order valence-electron chi connectivity index (χ0n) is 11.0. The van der Waals surface area contributed by atoms with Gasteiger partial charge in [0.15, 0.2) is 0 Å². The third kappa shape index (κ3) is 7.13. The molecule has 0 heterocycles. The van der Waals surface area contributed by atoms with Crippen molar-refractivity contribution in [2.24, 2.45) is 11.7 Å². The Bertz CT molecular complexity index is 219. The molecule has 0 aromatic carbocycles. The molecule has 0 aliphatic heterocycles. The van der Waals surface area contributed by atoms with E-state index in [2.05, 4.69) is 6.58 Å². The lowest BCUT2D eigenvalue weighted by molar-refractivity contribution is -0.146. The van der Waals surface area contributed by atoms with E-state index < -0.39 is 6.04 Å². The Morgan fingerprint density at radius 3 is 2.71 bits per heavy atom. The summed E-state index contributed by atoms with van der Waals surface area (Å²) in [4.78, 5) is 11.5. The second-order valence-electron chi connectivity index (χ2n) is 4.07. The Balaban J connectivity index is 4.09. The summed E-state index contributed by atoms with van der Waals surface area (Å²) in [6.07, 6.45) is 5.86. The molecule has 4 heteroatoms. The van der Waals surface area contributed by atoms with E-state index in [1.807, 2.05) is 6.08 Å². The highest BCUT2D eigenvalue weighted by molar-refractivity contribution is 5.75. The van der Waals surface area contributed by atoms with Gasteiger partial charge in [-0.15, -0.1) is 6.58 Å². The number of hydrogen-bond donors (Lipinski definition) is 1. The molecule has 0 bridgehead atoms. The number of unbranched alkanes of at least 4 members (excludes halogenated alkanes) is 2. The number of nitrogens with two attached hydrogens (primary N) is 1. The fourth-order valence-corrected chi connectivity index (χ4v) is 1.71. The molecule has 0 aromatic heterocycles. The highest BCUT2D eigenvalue weighted by Gasteiger charge is 2.25. The van der Waals surface area contributed by atoms with Crippen LogP contribution in [0.2, 0.25) is 0 Å². The first kappa shape index (κ1) is 16.1. The van der Waals surface area contributed by atoms with Crippen molar-refractivity contribution in [3.63, 3.8) is 0 Å². The minimum atomic E-state index is -0.585. The van der Waals surface area contributed by atoms with E-state index >= 15 is 0 Å². The number of methoxy groups -OCH3 is 1. The first-order valence-corrected chi connectivity index (χ1v) is 6.19. The van der Waals surface area contributed by atoms with E-state index in [9.17, 15) is 4.79 Å². The van der Waals surface area contributed by atoms with Gasteiger partial charge in [-0.3, -0.25) is 4.79 Å². The zero-order chi connectivity index (χ0) is 13.1. The molecule has 4 nitrogen and oxygen atoms in total. The maximum Gasteiger partial charge on any atom is 0.323 e. The van der Waals surface area contributed by atoms with Gasteiger partial charge < -0.3 is 15.2 Å². The van der Waals surface area contributed by atoms with E-state index in [1.165, 1.54) is 0 Å². The largest absolute Gasteiger partial charge is 0.465 e. The first-order valence-electron chi connectivity index (χ1n) is 6.19. The van der Waals surface area contributed by atoms with Crippen LogP contribution in [0.1, 0.15) is 32.6 Å². The van der Waals surface area contributed by atoms with Crippen LogP contribution in [0, 0.1) is 5.92 Å². The average Bonchev–Trinajstić information content (AvgIpc) is 2.32. The molecule has 0 spiro atoms. The lowest BCUT2D eigenvalue weighted by Crippen LogP contribution is -2.41. The lowest BCUT2D eigenvalue weighted by Gasteiger charge is -2.21. The van der Waals surface area contributed by atoms with Gasteiger partial charge in [-0.05, 0) is 26.2 Å². The Morgan fingerprint density at radius 2 is 2.18 bits per heavy atom. The van der Waals surface area contributed by atoms with E-state index in [-0.39, 0.29) is 11.9 Å². The van der Waals surface area contributed by atoms with Crippen molar-refractivity contribution in [2.75, 3.05) is 20.3 Å². The van der Waals surface area contributed by atoms with Gasteiger partial charge in [-0.2, -0.15) is 0 Å². The lowest BCUT2D eigenvalue weighted by atomic mass is 9.94. The summed E-state index contributed by atoms with van der Waals surface area (Å²) in [5, 5.41) is 0. The number of esters is 1. The van der Waals surface area contributed by atoms with Crippen molar-refractivity contribution in [1.82, 2.24) is 0 Å². The van der Waals surface area contributed by atoms with Gasteiger partial charge in [0, 0.05) is 13.0 Å². The minimum Gasteiger partial charge on any atom is -0.465 e. The van der Waals surface area contributed by atoms with Crippen LogP contribution in [0.5, 0.6) is 0 Å². The normalized spacial score (nSPS) is 14.1. The molecular formula is C13H25NO3. The molecule has 0 amide bonds. The van der Waals surface area contributed by atoms with Crippen LogP contribution >= 0.6 is 0 Å². The summed E-state index contributed by atoms with van der Waals surface area (Å²) in [6, 6.07) is -0.585. The van der Waals surface area contributed by atoms with Crippen molar-refractivity contribution in [1.29, 1.82) is 0 Å². The van der Waals surface area contributed by atoms with Gasteiger partial charge in [-0.1, -0.05) is 12.5 Å². The monoisotopic (exact) mass is 243 g/mol. The second-order valence-corrected chi connectivity index (χ2v) is 4.07. The minimum absolute atomic E-state index is 0.0314. The van der Waals surface area contributed by atoms with E-state index in [0.29, 0.717) is 13.2 Å². The fourth-order valence-electron chi connectivity index (χ4n) is 1.71. The Labute approximate surface area is 104 Å². The summed E-state index contributed by atoms with van der Waals surface area (Å²) in [6.45, 7) is 6.31. The van der Waals surface area contributed by atoms with E-state index in [0.717, 1.165) is 25.7 Å². The standard InChI is InChI=1S/C13H25NO3/c1-4-6-7-8-9-11(10-16-3)12(14)13(15)17-5-2/h4,11-12H,1,5-10,14H2,2-3H3. The predicted octanol–water partition coefficient (Wildman–Crippen LogP) is 1.89. The molecule has 0 aliphatic carbocycles. The van der Waals surface area contributed by atoms with Crippen LogP contribution in [0.3, 0.4) is 0 Å². The van der Waals surface area contributed by atoms with Crippen LogP contribution in [-0.2, 0) is 14.3 Å².